The highest BCUT2D eigenvalue weighted by Crippen LogP contribution is 2.18. The number of carbonyl (C=O) groups is 2. The van der Waals surface area contributed by atoms with Gasteiger partial charge in [-0.3, -0.25) is 9.59 Å². The zero-order valence-electron chi connectivity index (χ0n) is 28.3. The van der Waals surface area contributed by atoms with Gasteiger partial charge in [-0.1, -0.05) is 148 Å². The van der Waals surface area contributed by atoms with Gasteiger partial charge in [-0.2, -0.15) is 0 Å². The Morgan fingerprint density at radius 1 is 0.500 bits per heavy atom. The molecule has 0 amide bonds. The lowest BCUT2D eigenvalue weighted by molar-refractivity contribution is -0.150. The van der Waals surface area contributed by atoms with Crippen molar-refractivity contribution in [2.24, 2.45) is 0 Å². The van der Waals surface area contributed by atoms with Gasteiger partial charge >= 0.3 is 11.9 Å². The Morgan fingerprint density at radius 3 is 1.33 bits per heavy atom. The SMILES string of the molecule is CCCCCC/C=C\CCCCCCCC(=O)OC(CCCCCCCCCCCCCCCC)CCCCC(=O)O. The number of carbonyl (C=O) groups excluding carboxylic acids is 1. The van der Waals surface area contributed by atoms with Crippen LogP contribution in [0.3, 0.4) is 0 Å². The molecule has 0 spiro atoms. The molecular weight excluding hydrogens is 520 g/mol. The molecule has 0 aromatic rings. The first kappa shape index (κ1) is 40.7. The molecule has 4 heteroatoms. The topological polar surface area (TPSA) is 63.6 Å². The van der Waals surface area contributed by atoms with E-state index in [1.54, 1.807) is 0 Å². The quantitative estimate of drug-likeness (QED) is 0.0458. The molecule has 1 unspecified atom stereocenters. The zero-order chi connectivity index (χ0) is 30.8. The largest absolute Gasteiger partial charge is 0.481 e. The average molecular weight is 593 g/mol. The van der Waals surface area contributed by atoms with E-state index in [9.17, 15) is 9.59 Å². The molecular formula is C38H72O4. The zero-order valence-corrected chi connectivity index (χ0v) is 28.3. The second kappa shape index (κ2) is 34.2. The second-order valence-corrected chi connectivity index (χ2v) is 12.8. The van der Waals surface area contributed by atoms with E-state index in [-0.39, 0.29) is 18.5 Å². The number of esters is 1. The monoisotopic (exact) mass is 593 g/mol. The minimum Gasteiger partial charge on any atom is -0.481 e. The highest BCUT2D eigenvalue weighted by atomic mass is 16.5. The summed E-state index contributed by atoms with van der Waals surface area (Å²) in [6, 6.07) is 0. The Balaban J connectivity index is 3.90. The van der Waals surface area contributed by atoms with Gasteiger partial charge in [-0.25, -0.2) is 0 Å². The third kappa shape index (κ3) is 33.2. The Labute approximate surface area is 262 Å². The molecule has 0 fully saturated rings. The van der Waals surface area contributed by atoms with Crippen molar-refractivity contribution < 1.29 is 19.4 Å². The molecule has 0 saturated heterocycles. The van der Waals surface area contributed by atoms with E-state index in [2.05, 4.69) is 26.0 Å². The number of hydrogen-bond acceptors (Lipinski definition) is 3. The van der Waals surface area contributed by atoms with Crippen LogP contribution in [0.5, 0.6) is 0 Å². The summed E-state index contributed by atoms with van der Waals surface area (Å²) in [4.78, 5) is 23.4. The van der Waals surface area contributed by atoms with Gasteiger partial charge in [-0.15, -0.1) is 0 Å². The van der Waals surface area contributed by atoms with E-state index < -0.39 is 5.97 Å². The van der Waals surface area contributed by atoms with Crippen LogP contribution in [-0.2, 0) is 14.3 Å². The fourth-order valence-corrected chi connectivity index (χ4v) is 5.71. The lowest BCUT2D eigenvalue weighted by Crippen LogP contribution is -2.18. The van der Waals surface area contributed by atoms with Crippen LogP contribution < -0.4 is 0 Å². The molecule has 0 aromatic heterocycles. The molecule has 0 bridgehead atoms. The Morgan fingerprint density at radius 2 is 0.857 bits per heavy atom. The number of rotatable bonds is 34. The van der Waals surface area contributed by atoms with Gasteiger partial charge in [0.1, 0.15) is 6.10 Å². The van der Waals surface area contributed by atoms with Crippen molar-refractivity contribution in [3.05, 3.63) is 12.2 Å². The number of allylic oxidation sites excluding steroid dienone is 2. The smallest absolute Gasteiger partial charge is 0.306 e. The summed E-state index contributed by atoms with van der Waals surface area (Å²) in [5.74, 6) is -0.802. The van der Waals surface area contributed by atoms with E-state index in [4.69, 9.17) is 9.84 Å². The Hall–Kier alpha value is -1.32. The minimum absolute atomic E-state index is 0.0441. The van der Waals surface area contributed by atoms with Gasteiger partial charge in [0.15, 0.2) is 0 Å². The van der Waals surface area contributed by atoms with E-state index in [1.807, 2.05) is 0 Å². The molecule has 42 heavy (non-hydrogen) atoms. The van der Waals surface area contributed by atoms with Crippen LogP contribution >= 0.6 is 0 Å². The van der Waals surface area contributed by atoms with Crippen LogP contribution in [0.15, 0.2) is 12.2 Å². The molecule has 1 atom stereocenters. The van der Waals surface area contributed by atoms with Crippen LogP contribution in [-0.4, -0.2) is 23.1 Å². The first-order valence-corrected chi connectivity index (χ1v) is 18.7. The van der Waals surface area contributed by atoms with E-state index in [0.29, 0.717) is 12.8 Å². The Kier molecular flexibility index (Phi) is 33.1. The fraction of sp³-hybridized carbons (Fsp3) is 0.895. The van der Waals surface area contributed by atoms with Crippen molar-refractivity contribution in [1.82, 2.24) is 0 Å². The summed E-state index contributed by atoms with van der Waals surface area (Å²) in [5, 5.41) is 8.93. The van der Waals surface area contributed by atoms with Gasteiger partial charge in [0.25, 0.3) is 0 Å². The Bertz CT molecular complexity index is 600. The average Bonchev–Trinajstić information content (AvgIpc) is 2.97. The first-order chi connectivity index (χ1) is 20.6. The predicted molar refractivity (Wildman–Crippen MR) is 181 cm³/mol. The van der Waals surface area contributed by atoms with Gasteiger partial charge in [-0.05, 0) is 64.2 Å². The second-order valence-electron chi connectivity index (χ2n) is 12.8. The third-order valence-corrected chi connectivity index (χ3v) is 8.49. The number of carboxylic acid groups (broad SMARTS) is 1. The number of aliphatic carboxylic acids is 1. The van der Waals surface area contributed by atoms with Crippen molar-refractivity contribution in [3.8, 4) is 0 Å². The predicted octanol–water partition coefficient (Wildman–Crippen LogP) is 12.7. The molecule has 0 aliphatic heterocycles. The molecule has 0 aromatic carbocycles. The highest BCUT2D eigenvalue weighted by molar-refractivity contribution is 5.69. The van der Waals surface area contributed by atoms with Crippen molar-refractivity contribution >= 4 is 11.9 Å². The fourth-order valence-electron chi connectivity index (χ4n) is 5.71. The summed E-state index contributed by atoms with van der Waals surface area (Å²) in [7, 11) is 0. The number of ether oxygens (including phenoxy) is 1. The van der Waals surface area contributed by atoms with Crippen LogP contribution in [0.2, 0.25) is 0 Å². The molecule has 248 valence electrons. The van der Waals surface area contributed by atoms with E-state index >= 15 is 0 Å². The molecule has 0 heterocycles. The maximum Gasteiger partial charge on any atom is 0.306 e. The standard InChI is InChI=1S/C38H72O4/c1-3-5-7-9-11-13-15-17-19-20-22-24-26-28-32-36(33-30-31-34-37(39)40)42-38(41)35-29-27-25-23-21-18-16-14-12-10-8-6-4-2/h14,16,36H,3-13,15,17-35H2,1-2H3,(H,39,40)/b16-14-. The summed E-state index contributed by atoms with van der Waals surface area (Å²) in [6.45, 7) is 4.53. The lowest BCUT2D eigenvalue weighted by atomic mass is 10.0. The van der Waals surface area contributed by atoms with Crippen molar-refractivity contribution in [1.29, 1.82) is 0 Å². The third-order valence-electron chi connectivity index (χ3n) is 8.49. The van der Waals surface area contributed by atoms with Gasteiger partial charge in [0.2, 0.25) is 0 Å². The molecule has 0 radical (unpaired) electrons. The van der Waals surface area contributed by atoms with E-state index in [1.165, 1.54) is 141 Å². The van der Waals surface area contributed by atoms with E-state index in [0.717, 1.165) is 38.5 Å². The molecule has 0 aliphatic rings. The summed E-state index contributed by atoms with van der Waals surface area (Å²) >= 11 is 0. The molecule has 0 aliphatic carbocycles. The molecule has 4 nitrogen and oxygen atoms in total. The number of unbranched alkanes of at least 4 members (excludes halogenated alkanes) is 23. The van der Waals surface area contributed by atoms with Crippen molar-refractivity contribution in [3.63, 3.8) is 0 Å². The van der Waals surface area contributed by atoms with Crippen LogP contribution in [0.25, 0.3) is 0 Å². The van der Waals surface area contributed by atoms with Crippen LogP contribution in [0.1, 0.15) is 213 Å². The lowest BCUT2D eigenvalue weighted by Gasteiger charge is -2.18. The normalized spacial score (nSPS) is 12.2. The maximum atomic E-state index is 12.5. The summed E-state index contributed by atoms with van der Waals surface area (Å²) in [5.41, 5.74) is 0. The van der Waals surface area contributed by atoms with Crippen molar-refractivity contribution in [2.45, 2.75) is 219 Å². The van der Waals surface area contributed by atoms with Gasteiger partial charge in [0.05, 0.1) is 0 Å². The summed E-state index contributed by atoms with van der Waals surface area (Å²) in [6.07, 6.45) is 40.8. The van der Waals surface area contributed by atoms with Crippen LogP contribution in [0, 0.1) is 0 Å². The minimum atomic E-state index is -0.742. The number of hydrogen-bond donors (Lipinski definition) is 1. The van der Waals surface area contributed by atoms with Gasteiger partial charge < -0.3 is 9.84 Å². The van der Waals surface area contributed by atoms with Crippen LogP contribution in [0.4, 0.5) is 0 Å². The van der Waals surface area contributed by atoms with Gasteiger partial charge in [0, 0.05) is 12.8 Å². The summed E-state index contributed by atoms with van der Waals surface area (Å²) < 4.78 is 5.88. The molecule has 0 rings (SSSR count). The molecule has 1 N–H and O–H groups in total. The highest BCUT2D eigenvalue weighted by Gasteiger charge is 2.14. The first-order valence-electron chi connectivity index (χ1n) is 18.7. The number of carboxylic acids is 1. The molecule has 0 saturated carbocycles. The maximum absolute atomic E-state index is 12.5. The van der Waals surface area contributed by atoms with Crippen molar-refractivity contribution in [2.75, 3.05) is 0 Å².